The first-order chi connectivity index (χ1) is 14.2. The molecule has 1 aliphatic heterocycles. The molecule has 1 N–H and O–H groups in total. The highest BCUT2D eigenvalue weighted by molar-refractivity contribution is 6.32. The molecule has 0 radical (unpaired) electrons. The number of hydrogen-bond donors (Lipinski definition) is 1. The van der Waals surface area contributed by atoms with Crippen molar-refractivity contribution < 1.29 is 19.0 Å². The Bertz CT molecular complexity index is 868. The smallest absolute Gasteiger partial charge is 0.224 e. The first-order valence-electron chi connectivity index (χ1n) is 10.1. The van der Waals surface area contributed by atoms with Gasteiger partial charge in [-0.15, -0.1) is 0 Å². The molecule has 2 aromatic rings. The van der Waals surface area contributed by atoms with Crippen molar-refractivity contribution in [2.45, 2.75) is 51.2 Å². The molecule has 6 nitrogen and oxygen atoms in total. The zero-order valence-electron chi connectivity index (χ0n) is 16.3. The van der Waals surface area contributed by atoms with Gasteiger partial charge < -0.3 is 19.5 Å². The number of halogens is 1. The van der Waals surface area contributed by atoms with E-state index in [4.69, 9.17) is 25.8 Å². The summed E-state index contributed by atoms with van der Waals surface area (Å²) >= 11 is 6.32. The Morgan fingerprint density at radius 2 is 2.03 bits per heavy atom. The molecule has 0 unspecified atom stereocenters. The number of nitrogens with one attached hydrogen (secondary N) is 1. The van der Waals surface area contributed by atoms with Crippen LogP contribution in [0.3, 0.4) is 0 Å². The second kappa shape index (κ2) is 9.35. The van der Waals surface area contributed by atoms with Gasteiger partial charge in [0.05, 0.1) is 24.7 Å². The van der Waals surface area contributed by atoms with Crippen molar-refractivity contribution in [3.05, 3.63) is 46.6 Å². The fraction of sp³-hybridized carbons (Fsp3) is 0.455. The summed E-state index contributed by atoms with van der Waals surface area (Å²) in [6, 6.07) is 7.37. The molecule has 29 heavy (non-hydrogen) atoms. The highest BCUT2D eigenvalue weighted by Crippen LogP contribution is 2.38. The van der Waals surface area contributed by atoms with Gasteiger partial charge in [0.15, 0.2) is 11.5 Å². The second-order valence-electron chi connectivity index (χ2n) is 7.40. The summed E-state index contributed by atoms with van der Waals surface area (Å²) < 4.78 is 17.4. The van der Waals surface area contributed by atoms with Crippen LogP contribution in [0.25, 0.3) is 0 Å². The summed E-state index contributed by atoms with van der Waals surface area (Å²) in [5, 5.41) is 3.42. The lowest BCUT2D eigenvalue weighted by molar-refractivity contribution is -0.120. The average Bonchev–Trinajstić information content (AvgIpc) is 3.10. The van der Waals surface area contributed by atoms with Gasteiger partial charge in [-0.05, 0) is 49.4 Å². The van der Waals surface area contributed by atoms with Crippen LogP contribution < -0.4 is 19.5 Å². The molecule has 1 aliphatic carbocycles. The second-order valence-corrected chi connectivity index (χ2v) is 7.81. The average molecular weight is 417 g/mol. The van der Waals surface area contributed by atoms with Gasteiger partial charge in [-0.2, -0.15) is 0 Å². The topological polar surface area (TPSA) is 69.7 Å². The number of pyridine rings is 1. The Labute approximate surface area is 175 Å². The van der Waals surface area contributed by atoms with Gasteiger partial charge >= 0.3 is 0 Å². The molecule has 1 aromatic carbocycles. The number of carbonyl (C=O) groups is 1. The van der Waals surface area contributed by atoms with E-state index in [1.807, 2.05) is 18.2 Å². The minimum absolute atomic E-state index is 0.105. The Balaban J connectivity index is 1.37. The summed E-state index contributed by atoms with van der Waals surface area (Å²) in [5.41, 5.74) is 1.66. The molecule has 0 spiro atoms. The standard InChI is InChI=1S/C22H25ClN2O4/c23-18-11-15(12-19-21(18)28-10-4-9-27-19)13-20(26)25-14-16-5-3-8-24-22(16)29-17-6-1-2-7-17/h3,5,8,11-12,17H,1-2,4,6-7,9-10,13-14H2,(H,25,26). The van der Waals surface area contributed by atoms with E-state index in [9.17, 15) is 4.79 Å². The van der Waals surface area contributed by atoms with Crippen molar-refractivity contribution in [3.8, 4) is 17.4 Å². The van der Waals surface area contributed by atoms with Crippen molar-refractivity contribution in [1.82, 2.24) is 10.3 Å². The molecular formula is C22H25ClN2O4. The van der Waals surface area contributed by atoms with Gasteiger partial charge in [-0.25, -0.2) is 4.98 Å². The predicted octanol–water partition coefficient (Wildman–Crippen LogP) is 4.08. The van der Waals surface area contributed by atoms with E-state index >= 15 is 0 Å². The van der Waals surface area contributed by atoms with Crippen LogP contribution in [0.1, 0.15) is 43.2 Å². The third-order valence-corrected chi connectivity index (χ3v) is 5.41. The van der Waals surface area contributed by atoms with E-state index in [-0.39, 0.29) is 18.4 Å². The lowest BCUT2D eigenvalue weighted by Crippen LogP contribution is -2.25. The van der Waals surface area contributed by atoms with E-state index in [1.54, 1.807) is 12.3 Å². The molecule has 7 heteroatoms. The Morgan fingerprint density at radius 3 is 2.90 bits per heavy atom. The summed E-state index contributed by atoms with van der Waals surface area (Å²) in [6.07, 6.45) is 7.47. The van der Waals surface area contributed by atoms with E-state index < -0.39 is 0 Å². The first kappa shape index (κ1) is 19.8. The lowest BCUT2D eigenvalue weighted by atomic mass is 10.1. The van der Waals surface area contributed by atoms with E-state index in [0.717, 1.165) is 30.4 Å². The zero-order chi connectivity index (χ0) is 20.1. The molecule has 4 rings (SSSR count). The van der Waals surface area contributed by atoms with Gasteiger partial charge in [0.2, 0.25) is 11.8 Å². The van der Waals surface area contributed by atoms with Crippen molar-refractivity contribution in [1.29, 1.82) is 0 Å². The van der Waals surface area contributed by atoms with Crippen molar-refractivity contribution >= 4 is 17.5 Å². The highest BCUT2D eigenvalue weighted by Gasteiger charge is 2.19. The van der Waals surface area contributed by atoms with E-state index in [2.05, 4.69) is 10.3 Å². The largest absolute Gasteiger partial charge is 0.489 e. The monoisotopic (exact) mass is 416 g/mol. The number of rotatable bonds is 6. The highest BCUT2D eigenvalue weighted by atomic mass is 35.5. The van der Waals surface area contributed by atoms with Crippen LogP contribution in [0.2, 0.25) is 5.02 Å². The van der Waals surface area contributed by atoms with Gasteiger partial charge in [0.1, 0.15) is 6.10 Å². The number of nitrogens with zero attached hydrogens (tertiary/aromatic N) is 1. The maximum absolute atomic E-state index is 12.5. The number of carbonyl (C=O) groups excluding carboxylic acids is 1. The summed E-state index contributed by atoms with van der Waals surface area (Å²) in [4.78, 5) is 16.9. The number of benzene rings is 1. The van der Waals surface area contributed by atoms with Crippen molar-refractivity contribution in [3.63, 3.8) is 0 Å². The molecule has 0 bridgehead atoms. The summed E-state index contributed by atoms with van der Waals surface area (Å²) in [6.45, 7) is 1.51. The number of ether oxygens (including phenoxy) is 3. The Kier molecular flexibility index (Phi) is 6.39. The van der Waals surface area contributed by atoms with Gasteiger partial charge in [-0.1, -0.05) is 17.7 Å². The zero-order valence-corrected chi connectivity index (χ0v) is 17.0. The van der Waals surface area contributed by atoms with E-state index in [0.29, 0.717) is 42.2 Å². The maximum atomic E-state index is 12.5. The number of fused-ring (bicyclic) bond motifs is 1. The maximum Gasteiger partial charge on any atom is 0.224 e. The summed E-state index contributed by atoms with van der Waals surface area (Å²) in [7, 11) is 0. The molecule has 1 saturated carbocycles. The van der Waals surface area contributed by atoms with Crippen LogP contribution in [0.5, 0.6) is 17.4 Å². The summed E-state index contributed by atoms with van der Waals surface area (Å²) in [5.74, 6) is 1.65. The minimum Gasteiger partial charge on any atom is -0.489 e. The van der Waals surface area contributed by atoms with Crippen LogP contribution in [-0.2, 0) is 17.8 Å². The molecule has 1 amide bonds. The SMILES string of the molecule is O=C(Cc1cc(Cl)c2c(c1)OCCCO2)NCc1cccnc1OC1CCCC1. The number of amides is 1. The third kappa shape index (κ3) is 5.12. The van der Waals surface area contributed by atoms with Gasteiger partial charge in [0, 0.05) is 24.7 Å². The van der Waals surface area contributed by atoms with Crippen molar-refractivity contribution in [2.24, 2.45) is 0 Å². The van der Waals surface area contributed by atoms with Crippen molar-refractivity contribution in [2.75, 3.05) is 13.2 Å². The molecule has 2 aliphatic rings. The fourth-order valence-corrected chi connectivity index (χ4v) is 3.94. The third-order valence-electron chi connectivity index (χ3n) is 5.13. The molecule has 2 heterocycles. The quantitative estimate of drug-likeness (QED) is 0.768. The predicted molar refractivity (Wildman–Crippen MR) is 110 cm³/mol. The minimum atomic E-state index is -0.105. The molecule has 1 fully saturated rings. The normalized spacial score (nSPS) is 16.3. The Morgan fingerprint density at radius 1 is 1.21 bits per heavy atom. The van der Waals surface area contributed by atoms with Crippen LogP contribution in [0, 0.1) is 0 Å². The van der Waals surface area contributed by atoms with Crippen LogP contribution in [0.4, 0.5) is 0 Å². The van der Waals surface area contributed by atoms with Gasteiger partial charge in [0.25, 0.3) is 0 Å². The first-order valence-corrected chi connectivity index (χ1v) is 10.5. The Hall–Kier alpha value is -2.47. The number of aromatic nitrogens is 1. The molecule has 0 atom stereocenters. The fourth-order valence-electron chi connectivity index (χ4n) is 3.66. The van der Waals surface area contributed by atoms with Crippen LogP contribution >= 0.6 is 11.6 Å². The number of hydrogen-bond acceptors (Lipinski definition) is 5. The van der Waals surface area contributed by atoms with Crippen LogP contribution in [-0.4, -0.2) is 30.2 Å². The molecular weight excluding hydrogens is 392 g/mol. The van der Waals surface area contributed by atoms with E-state index in [1.165, 1.54) is 12.8 Å². The molecule has 154 valence electrons. The lowest BCUT2D eigenvalue weighted by Gasteiger charge is -2.15. The molecule has 0 saturated heterocycles. The molecule has 1 aromatic heterocycles. The van der Waals surface area contributed by atoms with Crippen LogP contribution in [0.15, 0.2) is 30.5 Å². The van der Waals surface area contributed by atoms with Gasteiger partial charge in [-0.3, -0.25) is 4.79 Å².